The third-order valence-electron chi connectivity index (χ3n) is 3.96. The summed E-state index contributed by atoms with van der Waals surface area (Å²) in [6, 6.07) is 7.89. The summed E-state index contributed by atoms with van der Waals surface area (Å²) in [5, 5.41) is 2.85. The molecule has 1 heterocycles. The van der Waals surface area contributed by atoms with Gasteiger partial charge in [-0.2, -0.15) is 0 Å². The molecule has 0 radical (unpaired) electrons. The zero-order valence-corrected chi connectivity index (χ0v) is 14.2. The molecule has 122 valence electrons. The number of nitrogens with one attached hydrogen (secondary N) is 1. The minimum Gasteiger partial charge on any atom is -0.360 e. The van der Waals surface area contributed by atoms with Gasteiger partial charge in [-0.05, 0) is 38.8 Å². The Balaban J connectivity index is 2.03. The van der Waals surface area contributed by atoms with Gasteiger partial charge in [-0.15, -0.1) is 0 Å². The van der Waals surface area contributed by atoms with E-state index in [4.69, 9.17) is 0 Å². The van der Waals surface area contributed by atoms with E-state index < -0.39 is 9.84 Å². The number of rotatable bonds is 5. The highest BCUT2D eigenvalue weighted by Crippen LogP contribution is 2.21. The van der Waals surface area contributed by atoms with Gasteiger partial charge in [0.2, 0.25) is 5.91 Å². The van der Waals surface area contributed by atoms with Crippen LogP contribution in [0.4, 0.5) is 5.69 Å². The van der Waals surface area contributed by atoms with E-state index in [9.17, 15) is 13.2 Å². The van der Waals surface area contributed by atoms with Crippen molar-refractivity contribution in [2.75, 3.05) is 23.0 Å². The number of para-hydroxylation sites is 1. The van der Waals surface area contributed by atoms with Gasteiger partial charge < -0.3 is 10.2 Å². The molecule has 1 atom stereocenters. The van der Waals surface area contributed by atoms with E-state index in [2.05, 4.69) is 5.32 Å². The number of hydrogen-bond acceptors (Lipinski definition) is 4. The molecule has 1 aromatic rings. The van der Waals surface area contributed by atoms with Crippen LogP contribution in [0.5, 0.6) is 0 Å². The van der Waals surface area contributed by atoms with E-state index in [0.29, 0.717) is 6.42 Å². The number of nitrogens with zero attached hydrogens (tertiary/aromatic N) is 1. The van der Waals surface area contributed by atoms with Gasteiger partial charge in [-0.1, -0.05) is 18.2 Å². The normalized spacial score (nSPS) is 20.1. The molecule has 0 unspecified atom stereocenters. The monoisotopic (exact) mass is 324 g/mol. The van der Waals surface area contributed by atoms with Crippen LogP contribution >= 0.6 is 0 Å². The summed E-state index contributed by atoms with van der Waals surface area (Å²) in [5.41, 5.74) is 2.15. The topological polar surface area (TPSA) is 66.5 Å². The lowest BCUT2D eigenvalue weighted by Gasteiger charge is -2.30. The Hall–Kier alpha value is -1.56. The lowest BCUT2D eigenvalue weighted by atomic mass is 10.1. The summed E-state index contributed by atoms with van der Waals surface area (Å²) >= 11 is 0. The van der Waals surface area contributed by atoms with Crippen LogP contribution < -0.4 is 10.2 Å². The first-order chi connectivity index (χ1) is 10.3. The number of carbonyl (C=O) groups excluding carboxylic acids is 1. The van der Waals surface area contributed by atoms with Gasteiger partial charge in [-0.25, -0.2) is 8.42 Å². The minimum absolute atomic E-state index is 0.0603. The van der Waals surface area contributed by atoms with Crippen molar-refractivity contribution >= 4 is 21.4 Å². The Bertz CT molecular complexity index is 641. The van der Waals surface area contributed by atoms with Crippen LogP contribution in [0.2, 0.25) is 0 Å². The number of hydrogen-bond donors (Lipinski definition) is 1. The van der Waals surface area contributed by atoms with Crippen molar-refractivity contribution in [1.29, 1.82) is 0 Å². The maximum atomic E-state index is 12.3. The minimum atomic E-state index is -2.97. The summed E-state index contributed by atoms with van der Waals surface area (Å²) in [7, 11) is -2.97. The summed E-state index contributed by atoms with van der Waals surface area (Å²) in [6.45, 7) is 6.34. The highest BCUT2D eigenvalue weighted by atomic mass is 32.2. The van der Waals surface area contributed by atoms with Gasteiger partial charge in [-0.3, -0.25) is 4.79 Å². The quantitative estimate of drug-likeness (QED) is 0.892. The number of amides is 1. The summed E-state index contributed by atoms with van der Waals surface area (Å²) < 4.78 is 22.9. The molecule has 0 bridgehead atoms. The van der Waals surface area contributed by atoms with Gasteiger partial charge in [0, 0.05) is 17.8 Å². The molecule has 2 rings (SSSR count). The molecule has 0 aromatic heterocycles. The number of sulfone groups is 1. The summed E-state index contributed by atoms with van der Waals surface area (Å²) in [5.74, 6) is 0.105. The first-order valence-corrected chi connectivity index (χ1v) is 9.42. The zero-order valence-electron chi connectivity index (χ0n) is 13.4. The molecule has 6 heteroatoms. The fraction of sp³-hybridized carbons (Fsp3) is 0.562. The second-order valence-corrected chi connectivity index (χ2v) is 8.40. The third kappa shape index (κ3) is 4.22. The van der Waals surface area contributed by atoms with Crippen molar-refractivity contribution < 1.29 is 13.2 Å². The fourth-order valence-corrected chi connectivity index (χ4v) is 4.44. The van der Waals surface area contributed by atoms with Crippen LogP contribution in [0.15, 0.2) is 24.3 Å². The van der Waals surface area contributed by atoms with Gasteiger partial charge in [0.05, 0.1) is 18.1 Å². The largest absolute Gasteiger partial charge is 0.360 e. The van der Waals surface area contributed by atoms with Gasteiger partial charge in [0.15, 0.2) is 9.84 Å². The van der Waals surface area contributed by atoms with Crippen molar-refractivity contribution in [1.82, 2.24) is 5.32 Å². The van der Waals surface area contributed by atoms with Crippen LogP contribution in [0.3, 0.4) is 0 Å². The first-order valence-electron chi connectivity index (χ1n) is 7.60. The molecule has 5 nitrogen and oxygen atoms in total. The number of aryl methyl sites for hydroxylation is 1. The zero-order chi connectivity index (χ0) is 16.3. The second-order valence-electron chi connectivity index (χ2n) is 6.18. The molecule has 0 saturated carbocycles. The maximum absolute atomic E-state index is 12.3. The molecule has 1 N–H and O–H groups in total. The summed E-state index contributed by atoms with van der Waals surface area (Å²) in [6.07, 6.45) is 0.514. The van der Waals surface area contributed by atoms with Crippen LogP contribution in [-0.2, 0) is 14.6 Å². The molecule has 1 fully saturated rings. The van der Waals surface area contributed by atoms with Crippen molar-refractivity contribution in [2.24, 2.45) is 0 Å². The fourth-order valence-electron chi connectivity index (χ4n) is 2.77. The van der Waals surface area contributed by atoms with Crippen molar-refractivity contribution in [3.05, 3.63) is 29.8 Å². The predicted octanol–water partition coefficient (Wildman–Crippen LogP) is 1.51. The highest BCUT2D eigenvalue weighted by molar-refractivity contribution is 7.91. The van der Waals surface area contributed by atoms with Gasteiger partial charge in [0.1, 0.15) is 0 Å². The molecule has 1 aliphatic heterocycles. The van der Waals surface area contributed by atoms with Crippen LogP contribution in [0, 0.1) is 6.92 Å². The molecule has 1 aliphatic rings. The van der Waals surface area contributed by atoms with E-state index in [1.54, 1.807) is 0 Å². The van der Waals surface area contributed by atoms with Crippen molar-refractivity contribution in [2.45, 2.75) is 39.3 Å². The molecule has 1 amide bonds. The molecular weight excluding hydrogens is 300 g/mol. The highest BCUT2D eigenvalue weighted by Gasteiger charge is 2.29. The van der Waals surface area contributed by atoms with Crippen LogP contribution in [0.1, 0.15) is 25.8 Å². The van der Waals surface area contributed by atoms with Gasteiger partial charge in [0.25, 0.3) is 0 Å². The van der Waals surface area contributed by atoms with Gasteiger partial charge >= 0.3 is 0 Å². The average Bonchev–Trinajstić information content (AvgIpc) is 2.76. The SMILES string of the molecule is Cc1ccccc1N(CC(=O)N[C@@H]1CCS(=O)(=O)C1)C(C)C. The molecule has 22 heavy (non-hydrogen) atoms. The van der Waals surface area contributed by atoms with Crippen molar-refractivity contribution in [3.8, 4) is 0 Å². The Labute approximate surface area is 132 Å². The number of anilines is 1. The first kappa shape index (κ1) is 16.8. The van der Waals surface area contributed by atoms with E-state index in [0.717, 1.165) is 11.3 Å². The van der Waals surface area contributed by atoms with Crippen molar-refractivity contribution in [3.63, 3.8) is 0 Å². The van der Waals surface area contributed by atoms with E-state index in [-0.39, 0.29) is 36.0 Å². The smallest absolute Gasteiger partial charge is 0.239 e. The molecule has 0 aliphatic carbocycles. The van der Waals surface area contributed by atoms with Crippen LogP contribution in [-0.4, -0.2) is 44.5 Å². The lowest BCUT2D eigenvalue weighted by Crippen LogP contribution is -2.45. The average molecular weight is 324 g/mol. The Morgan fingerprint density at radius 2 is 2.05 bits per heavy atom. The molecule has 1 saturated heterocycles. The van der Waals surface area contributed by atoms with E-state index in [1.165, 1.54) is 0 Å². The number of benzene rings is 1. The molecule has 1 aromatic carbocycles. The van der Waals surface area contributed by atoms with E-state index >= 15 is 0 Å². The van der Waals surface area contributed by atoms with E-state index in [1.807, 2.05) is 49.9 Å². The summed E-state index contributed by atoms with van der Waals surface area (Å²) in [4.78, 5) is 14.3. The molecular formula is C16H24N2O3S. The maximum Gasteiger partial charge on any atom is 0.239 e. The predicted molar refractivity (Wildman–Crippen MR) is 88.9 cm³/mol. The Morgan fingerprint density at radius 3 is 2.59 bits per heavy atom. The second kappa shape index (κ2) is 6.69. The third-order valence-corrected chi connectivity index (χ3v) is 5.73. The number of carbonyl (C=O) groups is 1. The Kier molecular flexibility index (Phi) is 5.11. The standard InChI is InChI=1S/C16H24N2O3S/c1-12(2)18(15-7-5-4-6-13(15)3)10-16(19)17-14-8-9-22(20,21)11-14/h4-7,12,14H,8-11H2,1-3H3,(H,17,19)/t14-/m1/s1. The molecule has 0 spiro atoms. The Morgan fingerprint density at radius 1 is 1.36 bits per heavy atom. The lowest BCUT2D eigenvalue weighted by molar-refractivity contribution is -0.120. The van der Waals surface area contributed by atoms with Crippen LogP contribution in [0.25, 0.3) is 0 Å².